The van der Waals surface area contributed by atoms with Crippen molar-refractivity contribution in [1.29, 1.82) is 0 Å². The van der Waals surface area contributed by atoms with Crippen molar-refractivity contribution in [3.05, 3.63) is 52.5 Å². The van der Waals surface area contributed by atoms with Crippen molar-refractivity contribution in [2.75, 3.05) is 63.4 Å². The van der Waals surface area contributed by atoms with Crippen LogP contribution >= 0.6 is 0 Å². The Morgan fingerprint density at radius 1 is 1.03 bits per heavy atom. The number of aromatic nitrogens is 1. The summed E-state index contributed by atoms with van der Waals surface area (Å²) in [7, 11) is 0. The number of ether oxygens (including phenoxy) is 3. The first-order valence-electron chi connectivity index (χ1n) is 10.1. The number of nitrogens with one attached hydrogen (secondary N) is 2. The van der Waals surface area contributed by atoms with Crippen LogP contribution in [0, 0.1) is 0 Å². The molecule has 10 heteroatoms. The summed E-state index contributed by atoms with van der Waals surface area (Å²) in [6.45, 7) is 3.85. The Morgan fingerprint density at radius 3 is 2.52 bits per heavy atom. The number of benzene rings is 1. The van der Waals surface area contributed by atoms with Crippen molar-refractivity contribution >= 4 is 17.4 Å². The molecule has 164 valence electrons. The van der Waals surface area contributed by atoms with Crippen LogP contribution in [0.2, 0.25) is 0 Å². The molecule has 1 amide bonds. The van der Waals surface area contributed by atoms with Gasteiger partial charge in [-0.2, -0.15) is 0 Å². The minimum Gasteiger partial charge on any atom is -0.379 e. The van der Waals surface area contributed by atoms with Crippen LogP contribution in [0.3, 0.4) is 0 Å². The number of anilines is 2. The highest BCUT2D eigenvalue weighted by molar-refractivity contribution is 5.99. The Bertz CT molecular complexity index is 899. The molecule has 0 fully saturated rings. The fourth-order valence-electron chi connectivity index (χ4n) is 3.02. The first-order valence-corrected chi connectivity index (χ1v) is 10.1. The minimum absolute atomic E-state index is 0.0338. The monoisotopic (exact) mass is 426 g/mol. The Morgan fingerprint density at radius 2 is 1.77 bits per heavy atom. The average Bonchev–Trinajstić information content (AvgIpc) is 3.16. The lowest BCUT2D eigenvalue weighted by molar-refractivity contribution is -0.115. The predicted octanol–water partition coefficient (Wildman–Crippen LogP) is 3.02. The highest BCUT2D eigenvalue weighted by Crippen LogP contribution is 2.29. The molecule has 10 nitrogen and oxygen atoms in total. The zero-order valence-electron chi connectivity index (χ0n) is 17.2. The third kappa shape index (κ3) is 7.54. The summed E-state index contributed by atoms with van der Waals surface area (Å²) in [5, 5.41) is 9.43. The smallest absolute Gasteiger partial charge is 0.228 e. The molecule has 0 bridgehead atoms. The Kier molecular flexibility index (Phi) is 9.08. The third-order valence-electron chi connectivity index (χ3n) is 4.52. The molecule has 1 aromatic heterocycles. The number of pyridine rings is 1. The first-order chi connectivity index (χ1) is 15.3. The van der Waals surface area contributed by atoms with Gasteiger partial charge in [-0.05, 0) is 40.9 Å². The summed E-state index contributed by atoms with van der Waals surface area (Å²) in [4.78, 5) is 18.6. The van der Waals surface area contributed by atoms with E-state index in [-0.39, 0.29) is 5.91 Å². The third-order valence-corrected chi connectivity index (χ3v) is 4.52. The second-order valence-corrected chi connectivity index (χ2v) is 6.75. The van der Waals surface area contributed by atoms with Gasteiger partial charge in [-0.1, -0.05) is 11.2 Å². The zero-order valence-corrected chi connectivity index (χ0v) is 17.2. The molecule has 0 aliphatic carbocycles. The van der Waals surface area contributed by atoms with Crippen LogP contribution in [0.15, 0.2) is 41.6 Å². The number of carbonyl (C=O) groups is 1. The van der Waals surface area contributed by atoms with Gasteiger partial charge in [-0.3, -0.25) is 4.79 Å². The molecule has 2 N–H and O–H groups in total. The molecule has 2 aromatic rings. The molecule has 0 radical (unpaired) electrons. The highest BCUT2D eigenvalue weighted by atomic mass is 16.5. The summed E-state index contributed by atoms with van der Waals surface area (Å²) < 4.78 is 16.1. The topological polar surface area (TPSA) is 130 Å². The molecule has 0 spiro atoms. The van der Waals surface area contributed by atoms with Gasteiger partial charge in [0.05, 0.1) is 46.1 Å². The predicted molar refractivity (Wildman–Crippen MR) is 117 cm³/mol. The van der Waals surface area contributed by atoms with Crippen molar-refractivity contribution in [2.45, 2.75) is 6.42 Å². The van der Waals surface area contributed by atoms with Gasteiger partial charge < -0.3 is 24.8 Å². The van der Waals surface area contributed by atoms with E-state index in [0.717, 1.165) is 28.2 Å². The van der Waals surface area contributed by atoms with Crippen molar-refractivity contribution in [3.63, 3.8) is 0 Å². The van der Waals surface area contributed by atoms with E-state index in [1.807, 2.05) is 36.5 Å². The maximum Gasteiger partial charge on any atom is 0.228 e. The number of rotatable bonds is 14. The molecule has 1 aliphatic rings. The van der Waals surface area contributed by atoms with E-state index in [1.54, 1.807) is 0 Å². The molecule has 2 heterocycles. The molecule has 0 unspecified atom stereocenters. The van der Waals surface area contributed by atoms with Crippen LogP contribution in [0.5, 0.6) is 0 Å². The highest BCUT2D eigenvalue weighted by Gasteiger charge is 2.17. The van der Waals surface area contributed by atoms with Gasteiger partial charge in [0.25, 0.3) is 0 Å². The minimum atomic E-state index is 0.0338. The van der Waals surface area contributed by atoms with Gasteiger partial charge in [0.2, 0.25) is 5.91 Å². The molecular formula is C21H26N6O4. The maximum atomic E-state index is 11.5. The van der Waals surface area contributed by atoms with Gasteiger partial charge in [0, 0.05) is 35.4 Å². The molecule has 0 saturated carbocycles. The number of hydrogen-bond acceptors (Lipinski definition) is 7. The second-order valence-electron chi connectivity index (χ2n) is 6.75. The Labute approximate surface area is 180 Å². The van der Waals surface area contributed by atoms with E-state index in [9.17, 15) is 4.79 Å². The fraction of sp³-hybridized carbons (Fsp3) is 0.429. The van der Waals surface area contributed by atoms with E-state index < -0.39 is 0 Å². The number of nitrogens with zero attached hydrogens (tertiary/aromatic N) is 4. The van der Waals surface area contributed by atoms with Crippen LogP contribution in [-0.4, -0.2) is 63.6 Å². The number of azide groups is 1. The SMILES string of the molecule is [N-]=[N+]=NCCOCCOCCOCCNc1ccc(-c2ccc3c(c2)CC(=O)N3)cn1. The number of amides is 1. The summed E-state index contributed by atoms with van der Waals surface area (Å²) in [6.07, 6.45) is 2.24. The van der Waals surface area contributed by atoms with Crippen LogP contribution in [0.1, 0.15) is 5.56 Å². The van der Waals surface area contributed by atoms with Gasteiger partial charge in [0.15, 0.2) is 0 Å². The number of fused-ring (bicyclic) bond motifs is 1. The van der Waals surface area contributed by atoms with Crippen LogP contribution < -0.4 is 10.6 Å². The van der Waals surface area contributed by atoms with Gasteiger partial charge in [-0.25, -0.2) is 4.98 Å². The summed E-state index contributed by atoms with van der Waals surface area (Å²) in [5.74, 6) is 0.811. The largest absolute Gasteiger partial charge is 0.379 e. The first kappa shape index (κ1) is 22.5. The van der Waals surface area contributed by atoms with Crippen molar-refractivity contribution in [2.24, 2.45) is 5.11 Å². The van der Waals surface area contributed by atoms with E-state index >= 15 is 0 Å². The number of carbonyl (C=O) groups excluding carboxylic acids is 1. The van der Waals surface area contributed by atoms with E-state index in [4.69, 9.17) is 19.7 Å². The molecular weight excluding hydrogens is 400 g/mol. The molecule has 0 atom stereocenters. The van der Waals surface area contributed by atoms with Crippen LogP contribution in [0.25, 0.3) is 21.6 Å². The van der Waals surface area contributed by atoms with Gasteiger partial charge in [-0.15, -0.1) is 0 Å². The summed E-state index contributed by atoms with van der Waals surface area (Å²) >= 11 is 0. The molecule has 3 rings (SSSR count). The quantitative estimate of drug-likeness (QED) is 0.207. The van der Waals surface area contributed by atoms with Crippen LogP contribution in [-0.2, 0) is 25.4 Å². The summed E-state index contributed by atoms with van der Waals surface area (Å²) in [6, 6.07) is 9.88. The van der Waals surface area contributed by atoms with Crippen molar-refractivity contribution in [3.8, 4) is 11.1 Å². The zero-order chi connectivity index (χ0) is 21.7. The molecule has 1 aromatic carbocycles. The van der Waals surface area contributed by atoms with E-state index in [2.05, 4.69) is 25.6 Å². The summed E-state index contributed by atoms with van der Waals surface area (Å²) in [5.41, 5.74) is 12.1. The molecule has 31 heavy (non-hydrogen) atoms. The second kappa shape index (κ2) is 12.5. The fourth-order valence-corrected chi connectivity index (χ4v) is 3.02. The molecule has 0 saturated heterocycles. The normalized spacial score (nSPS) is 12.2. The van der Waals surface area contributed by atoms with Crippen molar-refractivity contribution < 1.29 is 19.0 Å². The Balaban J connectivity index is 1.26. The lowest BCUT2D eigenvalue weighted by atomic mass is 10.0. The standard InChI is InChI=1S/C21H26N6O4/c22-27-25-6-8-30-10-12-31-11-9-29-7-5-23-20-4-2-17(15-24-20)16-1-3-19-18(13-16)14-21(28)26-19/h1-4,13,15H,5-12,14H2,(H,23,24)(H,26,28). The van der Waals surface area contributed by atoms with E-state index in [0.29, 0.717) is 59.2 Å². The van der Waals surface area contributed by atoms with E-state index in [1.165, 1.54) is 0 Å². The van der Waals surface area contributed by atoms with Crippen molar-refractivity contribution in [1.82, 2.24) is 4.98 Å². The lowest BCUT2D eigenvalue weighted by Crippen LogP contribution is -2.14. The average molecular weight is 426 g/mol. The lowest BCUT2D eigenvalue weighted by Gasteiger charge is -2.09. The van der Waals surface area contributed by atoms with Gasteiger partial charge in [0.1, 0.15) is 5.82 Å². The maximum absolute atomic E-state index is 11.5. The van der Waals surface area contributed by atoms with Crippen LogP contribution in [0.4, 0.5) is 11.5 Å². The number of hydrogen-bond donors (Lipinski definition) is 2. The van der Waals surface area contributed by atoms with Gasteiger partial charge >= 0.3 is 0 Å². The molecule has 1 aliphatic heterocycles. The Hall–Kier alpha value is -3.17.